The van der Waals surface area contributed by atoms with Gasteiger partial charge in [-0.05, 0) is 40.3 Å². The Morgan fingerprint density at radius 1 is 0.955 bits per heavy atom. The number of hydrogen-bond donors (Lipinski definition) is 1. The predicted octanol–water partition coefficient (Wildman–Crippen LogP) is 2.11. The van der Waals surface area contributed by atoms with Crippen LogP contribution in [0, 0.1) is 0 Å². The SMILES string of the molecule is O=C=C1CC=c2c(c3ccc2cc3)=C1Oc1ccc(O)cc1. The van der Waals surface area contributed by atoms with Gasteiger partial charge in [0.25, 0.3) is 0 Å². The Morgan fingerprint density at radius 3 is 2.32 bits per heavy atom. The van der Waals surface area contributed by atoms with E-state index in [0.717, 1.165) is 21.2 Å². The van der Waals surface area contributed by atoms with E-state index in [1.165, 1.54) is 0 Å². The number of rotatable bonds is 2. The van der Waals surface area contributed by atoms with Crippen LogP contribution < -0.4 is 15.2 Å². The standard InChI is InChI=1S/C19H12O3/c20-11-14-5-10-17-12-1-3-13(4-2-12)18(17)19(14)22-16-8-6-15(21)7-9-16/h1-4,6-10,21H,5H2. The van der Waals surface area contributed by atoms with E-state index in [0.29, 0.717) is 23.5 Å². The van der Waals surface area contributed by atoms with Gasteiger partial charge in [0, 0.05) is 11.6 Å². The van der Waals surface area contributed by atoms with Crippen molar-refractivity contribution in [2.75, 3.05) is 0 Å². The topological polar surface area (TPSA) is 46.5 Å². The Kier molecular flexibility index (Phi) is 2.75. The molecule has 5 rings (SSSR count). The zero-order valence-electron chi connectivity index (χ0n) is 11.7. The van der Waals surface area contributed by atoms with E-state index in [4.69, 9.17) is 4.74 Å². The monoisotopic (exact) mass is 288 g/mol. The minimum atomic E-state index is 0.174. The third kappa shape index (κ3) is 1.88. The molecule has 22 heavy (non-hydrogen) atoms. The van der Waals surface area contributed by atoms with Crippen LogP contribution in [0.5, 0.6) is 11.5 Å². The third-order valence-corrected chi connectivity index (χ3v) is 3.95. The molecule has 0 aliphatic heterocycles. The highest BCUT2D eigenvalue weighted by molar-refractivity contribution is 5.85. The molecular formula is C19H12O3. The molecule has 0 radical (unpaired) electrons. The van der Waals surface area contributed by atoms with Gasteiger partial charge < -0.3 is 9.84 Å². The van der Waals surface area contributed by atoms with Crippen molar-refractivity contribution in [3.63, 3.8) is 0 Å². The fourth-order valence-corrected chi connectivity index (χ4v) is 2.87. The summed E-state index contributed by atoms with van der Waals surface area (Å²) in [5.74, 6) is 3.30. The summed E-state index contributed by atoms with van der Waals surface area (Å²) >= 11 is 0. The summed E-state index contributed by atoms with van der Waals surface area (Å²) in [4.78, 5) is 11.3. The lowest BCUT2D eigenvalue weighted by atomic mass is 9.95. The Bertz CT molecular complexity index is 1000. The number of hydrogen-bond acceptors (Lipinski definition) is 3. The fourth-order valence-electron chi connectivity index (χ4n) is 2.87. The van der Waals surface area contributed by atoms with Crippen LogP contribution in [0.4, 0.5) is 0 Å². The van der Waals surface area contributed by atoms with E-state index in [2.05, 4.69) is 12.1 Å². The van der Waals surface area contributed by atoms with E-state index in [1.807, 2.05) is 24.2 Å². The second-order valence-corrected chi connectivity index (χ2v) is 5.28. The fraction of sp³-hybridized carbons (Fsp3) is 0.0526. The molecule has 0 spiro atoms. The van der Waals surface area contributed by atoms with Gasteiger partial charge >= 0.3 is 0 Å². The Balaban J connectivity index is 2.00. The molecule has 1 N–H and O–H groups in total. The average molecular weight is 288 g/mol. The van der Waals surface area contributed by atoms with Crippen molar-refractivity contribution < 1.29 is 14.6 Å². The van der Waals surface area contributed by atoms with Gasteiger partial charge in [-0.25, -0.2) is 4.79 Å². The molecule has 0 heterocycles. The first-order chi connectivity index (χ1) is 10.8. The van der Waals surface area contributed by atoms with Crippen molar-refractivity contribution >= 4 is 28.5 Å². The van der Waals surface area contributed by atoms with Gasteiger partial charge in [0.1, 0.15) is 23.2 Å². The summed E-state index contributed by atoms with van der Waals surface area (Å²) in [7, 11) is 0. The summed E-state index contributed by atoms with van der Waals surface area (Å²) < 4.78 is 5.96. The highest BCUT2D eigenvalue weighted by atomic mass is 16.5. The van der Waals surface area contributed by atoms with Crippen molar-refractivity contribution in [1.29, 1.82) is 0 Å². The van der Waals surface area contributed by atoms with Gasteiger partial charge in [-0.3, -0.25) is 0 Å². The minimum absolute atomic E-state index is 0.174. The first kappa shape index (κ1) is 12.7. The smallest absolute Gasteiger partial charge is 0.150 e. The van der Waals surface area contributed by atoms with Crippen molar-refractivity contribution in [2.45, 2.75) is 6.42 Å². The number of phenolic OH excluding ortho intramolecular Hbond substituents is 1. The summed E-state index contributed by atoms with van der Waals surface area (Å²) in [6.07, 6.45) is 2.55. The van der Waals surface area contributed by atoms with Crippen LogP contribution in [0.3, 0.4) is 0 Å². The third-order valence-electron chi connectivity index (χ3n) is 3.95. The van der Waals surface area contributed by atoms with Crippen LogP contribution in [0.15, 0.2) is 54.1 Å². The van der Waals surface area contributed by atoms with Crippen LogP contribution in [-0.4, -0.2) is 11.0 Å². The molecule has 106 valence electrons. The molecule has 0 fully saturated rings. The number of ether oxygens (including phenoxy) is 1. The van der Waals surface area contributed by atoms with Gasteiger partial charge in [0.05, 0.1) is 5.57 Å². The van der Waals surface area contributed by atoms with Crippen LogP contribution in [-0.2, 0) is 4.79 Å². The number of fused-ring (bicyclic) bond motifs is 2. The zero-order chi connectivity index (χ0) is 15.1. The summed E-state index contributed by atoms with van der Waals surface area (Å²) in [5, 5.41) is 13.6. The molecule has 0 atom stereocenters. The highest BCUT2D eigenvalue weighted by Gasteiger charge is 2.17. The van der Waals surface area contributed by atoms with Gasteiger partial charge in [0.15, 0.2) is 0 Å². The lowest BCUT2D eigenvalue weighted by molar-refractivity contribution is 0.470. The summed E-state index contributed by atoms with van der Waals surface area (Å²) in [6.45, 7) is 0. The Labute approximate surface area is 126 Å². The van der Waals surface area contributed by atoms with Crippen LogP contribution >= 0.6 is 0 Å². The summed E-state index contributed by atoms with van der Waals surface area (Å²) in [5.41, 5.74) is 0.509. The number of carbonyl (C=O) groups excluding carboxylic acids is 1. The molecule has 0 saturated carbocycles. The number of benzene rings is 4. The summed E-state index contributed by atoms with van der Waals surface area (Å²) in [6, 6.07) is 14.6. The quantitative estimate of drug-likeness (QED) is 0.735. The molecule has 2 bridgehead atoms. The van der Waals surface area contributed by atoms with Crippen molar-refractivity contribution in [2.24, 2.45) is 0 Å². The molecule has 4 aromatic carbocycles. The van der Waals surface area contributed by atoms with Crippen molar-refractivity contribution in [1.82, 2.24) is 0 Å². The van der Waals surface area contributed by atoms with Gasteiger partial charge in [-0.15, -0.1) is 0 Å². The maximum Gasteiger partial charge on any atom is 0.150 e. The number of phenols is 1. The van der Waals surface area contributed by atoms with Crippen LogP contribution in [0.1, 0.15) is 6.42 Å². The minimum Gasteiger partial charge on any atom is -0.508 e. The first-order valence-corrected chi connectivity index (χ1v) is 7.03. The normalized spacial score (nSPS) is 13.6. The van der Waals surface area contributed by atoms with Crippen LogP contribution in [0.2, 0.25) is 0 Å². The van der Waals surface area contributed by atoms with Gasteiger partial charge in [-0.1, -0.05) is 30.3 Å². The van der Waals surface area contributed by atoms with E-state index in [-0.39, 0.29) is 5.75 Å². The molecule has 4 aromatic rings. The molecule has 0 unspecified atom stereocenters. The van der Waals surface area contributed by atoms with Gasteiger partial charge in [0.2, 0.25) is 0 Å². The molecule has 0 amide bonds. The largest absolute Gasteiger partial charge is 0.508 e. The van der Waals surface area contributed by atoms with E-state index < -0.39 is 0 Å². The highest BCUT2D eigenvalue weighted by Crippen LogP contribution is 2.23. The molecule has 0 aromatic heterocycles. The Hall–Kier alpha value is -3.03. The van der Waals surface area contributed by atoms with Crippen molar-refractivity contribution in [3.05, 3.63) is 64.5 Å². The maximum absolute atomic E-state index is 11.3. The second-order valence-electron chi connectivity index (χ2n) is 5.28. The Morgan fingerprint density at radius 2 is 1.64 bits per heavy atom. The molecule has 1 aliphatic carbocycles. The lowest BCUT2D eigenvalue weighted by Gasteiger charge is -2.16. The maximum atomic E-state index is 11.3. The predicted molar refractivity (Wildman–Crippen MR) is 84.8 cm³/mol. The molecule has 1 aliphatic rings. The van der Waals surface area contributed by atoms with Crippen molar-refractivity contribution in [3.8, 4) is 11.5 Å². The average Bonchev–Trinajstić information content (AvgIpc) is 2.58. The van der Waals surface area contributed by atoms with E-state index in [1.54, 1.807) is 24.3 Å². The van der Waals surface area contributed by atoms with E-state index >= 15 is 0 Å². The molecular weight excluding hydrogens is 276 g/mol. The lowest BCUT2D eigenvalue weighted by Crippen LogP contribution is -2.34. The molecule has 3 nitrogen and oxygen atoms in total. The second kappa shape index (κ2) is 4.76. The number of aromatic hydroxyl groups is 1. The first-order valence-electron chi connectivity index (χ1n) is 7.03. The molecule has 0 saturated heterocycles. The van der Waals surface area contributed by atoms with Crippen LogP contribution in [0.25, 0.3) is 22.6 Å². The van der Waals surface area contributed by atoms with Gasteiger partial charge in [-0.2, -0.15) is 0 Å². The zero-order valence-corrected chi connectivity index (χ0v) is 11.7. The molecule has 3 heteroatoms. The van der Waals surface area contributed by atoms with E-state index in [9.17, 15) is 9.90 Å².